The zero-order valence-corrected chi connectivity index (χ0v) is 12.0. The van der Waals surface area contributed by atoms with Crippen LogP contribution in [-0.2, 0) is 10.1 Å². The summed E-state index contributed by atoms with van der Waals surface area (Å²) >= 11 is 0. The third kappa shape index (κ3) is 37.1. The molecule has 0 fully saturated rings. The standard InChI is InChI=1S/C6H15NO3S.C4H12N/c1-2-4-7-5-3-6-11(8,9)10;1-5(2,3)4/h7H,2-6H2,1H3,(H,8,9,10);1-4H3/q;+1. The van der Waals surface area contributed by atoms with E-state index in [4.69, 9.17) is 4.55 Å². The highest BCUT2D eigenvalue weighted by Gasteiger charge is 2.01. The molecule has 2 N–H and O–H groups in total. The fraction of sp³-hybridized carbons (Fsp3) is 1.00. The van der Waals surface area contributed by atoms with Gasteiger partial charge in [0.1, 0.15) is 0 Å². The highest BCUT2D eigenvalue weighted by Crippen LogP contribution is 1.86. The van der Waals surface area contributed by atoms with Crippen LogP contribution in [0, 0.1) is 0 Å². The first-order valence-electron chi connectivity index (χ1n) is 5.51. The molecule has 0 radical (unpaired) electrons. The van der Waals surface area contributed by atoms with E-state index in [0.717, 1.165) is 17.4 Å². The molecule has 0 saturated carbocycles. The first-order valence-corrected chi connectivity index (χ1v) is 7.12. The van der Waals surface area contributed by atoms with Crippen molar-refractivity contribution in [1.29, 1.82) is 0 Å². The molecule has 0 rings (SSSR count). The number of hydrogen-bond acceptors (Lipinski definition) is 3. The average molecular weight is 255 g/mol. The fourth-order valence-corrected chi connectivity index (χ4v) is 1.19. The molecule has 0 saturated heterocycles. The molecule has 0 aliphatic heterocycles. The van der Waals surface area contributed by atoms with Crippen LogP contribution < -0.4 is 5.32 Å². The van der Waals surface area contributed by atoms with E-state index in [9.17, 15) is 8.42 Å². The molecule has 0 aromatic rings. The molecule has 0 amide bonds. The van der Waals surface area contributed by atoms with E-state index in [1.165, 1.54) is 0 Å². The van der Waals surface area contributed by atoms with E-state index < -0.39 is 10.1 Å². The first kappa shape index (κ1) is 18.2. The predicted molar refractivity (Wildman–Crippen MR) is 68.1 cm³/mol. The summed E-state index contributed by atoms with van der Waals surface area (Å²) in [6.07, 6.45) is 1.50. The Morgan fingerprint density at radius 1 is 1.12 bits per heavy atom. The van der Waals surface area contributed by atoms with E-state index in [1.807, 2.05) is 6.92 Å². The Hall–Kier alpha value is -0.170. The van der Waals surface area contributed by atoms with Gasteiger partial charge >= 0.3 is 0 Å². The Kier molecular flexibility index (Phi) is 10.2. The molecule has 16 heavy (non-hydrogen) atoms. The maximum atomic E-state index is 10.2. The van der Waals surface area contributed by atoms with Gasteiger partial charge < -0.3 is 9.80 Å². The summed E-state index contributed by atoms with van der Waals surface area (Å²) < 4.78 is 29.7. The SMILES string of the molecule is CCCNCCCS(=O)(=O)O.C[N+](C)(C)C. The lowest BCUT2D eigenvalue weighted by molar-refractivity contribution is -0.849. The largest absolute Gasteiger partial charge is 0.333 e. The third-order valence-corrected chi connectivity index (χ3v) is 1.99. The van der Waals surface area contributed by atoms with Crippen molar-refractivity contribution in [2.75, 3.05) is 47.0 Å². The van der Waals surface area contributed by atoms with E-state index in [1.54, 1.807) is 0 Å². The maximum absolute atomic E-state index is 10.2. The highest BCUT2D eigenvalue weighted by molar-refractivity contribution is 7.85. The maximum Gasteiger partial charge on any atom is 0.264 e. The third-order valence-electron chi connectivity index (χ3n) is 1.18. The lowest BCUT2D eigenvalue weighted by Gasteiger charge is -2.14. The minimum absolute atomic E-state index is 0.149. The summed E-state index contributed by atoms with van der Waals surface area (Å²) in [5.41, 5.74) is 0. The lowest BCUT2D eigenvalue weighted by atomic mass is 10.4. The molecule has 0 aliphatic rings. The van der Waals surface area contributed by atoms with Crippen molar-refractivity contribution < 1.29 is 17.5 Å². The lowest BCUT2D eigenvalue weighted by Crippen LogP contribution is -2.27. The Morgan fingerprint density at radius 3 is 1.88 bits per heavy atom. The van der Waals surface area contributed by atoms with Crippen LogP contribution >= 0.6 is 0 Å². The van der Waals surface area contributed by atoms with Crippen LogP contribution in [0.5, 0.6) is 0 Å². The first-order chi connectivity index (χ1) is 7.06. The van der Waals surface area contributed by atoms with E-state index in [2.05, 4.69) is 33.5 Å². The van der Waals surface area contributed by atoms with Crippen molar-refractivity contribution in [1.82, 2.24) is 5.32 Å². The van der Waals surface area contributed by atoms with Gasteiger partial charge in [-0.05, 0) is 25.9 Å². The molecule has 0 unspecified atom stereocenters. The molecule has 6 heteroatoms. The molecule has 0 atom stereocenters. The van der Waals surface area contributed by atoms with Crippen molar-refractivity contribution >= 4 is 10.1 Å². The van der Waals surface area contributed by atoms with Crippen molar-refractivity contribution in [3.05, 3.63) is 0 Å². The molecular formula is C10H27N2O3S+. The van der Waals surface area contributed by atoms with Crippen molar-refractivity contribution in [3.63, 3.8) is 0 Å². The summed E-state index contributed by atoms with van der Waals surface area (Å²) in [6.45, 7) is 3.58. The fourth-order valence-electron chi connectivity index (χ4n) is 0.681. The summed E-state index contributed by atoms with van der Waals surface area (Å²) in [5, 5.41) is 3.03. The van der Waals surface area contributed by atoms with Crippen LogP contribution in [0.3, 0.4) is 0 Å². The molecule has 0 bridgehead atoms. The van der Waals surface area contributed by atoms with Crippen LogP contribution in [0.15, 0.2) is 0 Å². The summed E-state index contributed by atoms with van der Waals surface area (Å²) in [4.78, 5) is 0. The van der Waals surface area contributed by atoms with E-state index >= 15 is 0 Å². The van der Waals surface area contributed by atoms with Crippen molar-refractivity contribution in [3.8, 4) is 0 Å². The van der Waals surface area contributed by atoms with Gasteiger partial charge in [-0.2, -0.15) is 8.42 Å². The molecular weight excluding hydrogens is 228 g/mol. The topological polar surface area (TPSA) is 66.4 Å². The smallest absolute Gasteiger partial charge is 0.264 e. The molecule has 0 aromatic heterocycles. The monoisotopic (exact) mass is 255 g/mol. The minimum atomic E-state index is -3.75. The van der Waals surface area contributed by atoms with Crippen molar-refractivity contribution in [2.24, 2.45) is 0 Å². The van der Waals surface area contributed by atoms with Crippen molar-refractivity contribution in [2.45, 2.75) is 19.8 Å². The second-order valence-electron chi connectivity index (χ2n) is 5.07. The molecule has 0 spiro atoms. The molecule has 5 nitrogen and oxygen atoms in total. The summed E-state index contributed by atoms with van der Waals surface area (Å²) in [5.74, 6) is -0.149. The van der Waals surface area contributed by atoms with Gasteiger partial charge in [-0.25, -0.2) is 0 Å². The van der Waals surface area contributed by atoms with Gasteiger partial charge in [0, 0.05) is 0 Å². The van der Waals surface area contributed by atoms with E-state index in [-0.39, 0.29) is 5.75 Å². The number of nitrogens with zero attached hydrogens (tertiary/aromatic N) is 1. The minimum Gasteiger partial charge on any atom is -0.333 e. The Morgan fingerprint density at radius 2 is 1.56 bits per heavy atom. The molecule has 0 heterocycles. The van der Waals surface area contributed by atoms with Crippen LogP contribution in [0.4, 0.5) is 0 Å². The molecule has 100 valence electrons. The quantitative estimate of drug-likeness (QED) is 0.414. The zero-order valence-electron chi connectivity index (χ0n) is 11.2. The number of hydrogen-bond donors (Lipinski definition) is 2. The number of nitrogens with one attached hydrogen (secondary N) is 1. The van der Waals surface area contributed by atoms with Crippen LogP contribution in [0.25, 0.3) is 0 Å². The average Bonchev–Trinajstić information content (AvgIpc) is 1.98. The van der Waals surface area contributed by atoms with Gasteiger partial charge in [-0.3, -0.25) is 4.55 Å². The molecule has 0 aliphatic carbocycles. The summed E-state index contributed by atoms with van der Waals surface area (Å²) in [6, 6.07) is 0. The van der Waals surface area contributed by atoms with Gasteiger partial charge in [0.2, 0.25) is 0 Å². The van der Waals surface area contributed by atoms with Gasteiger partial charge in [0.05, 0.1) is 33.9 Å². The number of rotatable bonds is 6. The van der Waals surface area contributed by atoms with Gasteiger partial charge in [0.25, 0.3) is 10.1 Å². The Labute approximate surface area is 100 Å². The van der Waals surface area contributed by atoms with E-state index in [0.29, 0.717) is 13.0 Å². The number of quaternary nitrogens is 1. The van der Waals surface area contributed by atoms with Crippen LogP contribution in [-0.4, -0.2) is 64.5 Å². The predicted octanol–water partition coefficient (Wildman–Crippen LogP) is 0.586. The normalized spacial score (nSPS) is 11.9. The second-order valence-corrected chi connectivity index (χ2v) is 6.64. The second kappa shape index (κ2) is 8.92. The van der Waals surface area contributed by atoms with Crippen LogP contribution in [0.2, 0.25) is 0 Å². The Balaban J connectivity index is 0. The van der Waals surface area contributed by atoms with Gasteiger partial charge in [-0.1, -0.05) is 6.92 Å². The highest BCUT2D eigenvalue weighted by atomic mass is 32.2. The van der Waals surface area contributed by atoms with Crippen LogP contribution in [0.1, 0.15) is 19.8 Å². The molecule has 0 aromatic carbocycles. The zero-order chi connectivity index (χ0) is 13.2. The van der Waals surface area contributed by atoms with Gasteiger partial charge in [-0.15, -0.1) is 0 Å². The summed E-state index contributed by atoms with van der Waals surface area (Å²) in [7, 11) is 4.75. The Bertz CT molecular complexity index is 239. The van der Waals surface area contributed by atoms with Gasteiger partial charge in [0.15, 0.2) is 0 Å².